The van der Waals surface area contributed by atoms with Gasteiger partial charge in [0.25, 0.3) is 0 Å². The van der Waals surface area contributed by atoms with Gasteiger partial charge in [-0.3, -0.25) is 0 Å². The summed E-state index contributed by atoms with van der Waals surface area (Å²) in [4.78, 5) is 0. The van der Waals surface area contributed by atoms with Gasteiger partial charge in [-0.15, -0.1) is 10.2 Å². The molecule has 0 unspecified atom stereocenters. The van der Waals surface area contributed by atoms with Crippen LogP contribution in [-0.2, 0) is 12.6 Å². The van der Waals surface area contributed by atoms with Gasteiger partial charge in [0.05, 0.1) is 0 Å². The fourth-order valence-electron chi connectivity index (χ4n) is 2.98. The maximum Gasteiger partial charge on any atom is 0.176 e. The lowest BCUT2D eigenvalue weighted by Gasteiger charge is -2.26. The molecule has 1 aromatic heterocycles. The van der Waals surface area contributed by atoms with E-state index < -0.39 is 11.4 Å². The van der Waals surface area contributed by atoms with Gasteiger partial charge in [0.2, 0.25) is 0 Å². The molecule has 0 bridgehead atoms. The number of halogens is 2. The fourth-order valence-corrected chi connectivity index (χ4v) is 2.98. The molecule has 0 aliphatic rings. The van der Waals surface area contributed by atoms with Crippen molar-refractivity contribution in [2.45, 2.75) is 33.3 Å². The van der Waals surface area contributed by atoms with Gasteiger partial charge in [-0.25, -0.2) is 8.78 Å². The Hall–Kier alpha value is -2.76. The lowest BCUT2D eigenvalue weighted by molar-refractivity contribution is 0.0894. The molecule has 26 heavy (non-hydrogen) atoms. The number of nitrogens with zero attached hydrogens (tertiary/aromatic N) is 3. The third-order valence-corrected chi connectivity index (χ3v) is 4.30. The van der Waals surface area contributed by atoms with E-state index in [9.17, 15) is 8.78 Å². The first-order valence-corrected chi connectivity index (χ1v) is 8.30. The minimum atomic E-state index is -0.913. The maximum absolute atomic E-state index is 14.2. The zero-order chi connectivity index (χ0) is 19.1. The largest absolute Gasteiger partial charge is 0.477 e. The van der Waals surface area contributed by atoms with Gasteiger partial charge in [-0.1, -0.05) is 6.07 Å². The van der Waals surface area contributed by atoms with Crippen molar-refractivity contribution in [3.8, 4) is 17.1 Å². The molecule has 4 nitrogen and oxygen atoms in total. The lowest BCUT2D eigenvalue weighted by Crippen LogP contribution is -2.29. The van der Waals surface area contributed by atoms with E-state index in [1.54, 1.807) is 36.6 Å². The van der Waals surface area contributed by atoms with E-state index in [-0.39, 0.29) is 11.6 Å². The molecule has 0 amide bonds. The first kappa shape index (κ1) is 18.0. The van der Waals surface area contributed by atoms with Gasteiger partial charge in [-0.05, 0) is 69.2 Å². The van der Waals surface area contributed by atoms with Crippen LogP contribution < -0.4 is 4.74 Å². The van der Waals surface area contributed by atoms with E-state index in [4.69, 9.17) is 4.74 Å². The molecule has 2 aromatic carbocycles. The van der Waals surface area contributed by atoms with Gasteiger partial charge in [0.15, 0.2) is 28.8 Å². The van der Waals surface area contributed by atoms with Gasteiger partial charge in [0, 0.05) is 12.6 Å². The summed E-state index contributed by atoms with van der Waals surface area (Å²) in [6, 6.07) is 9.33. The summed E-state index contributed by atoms with van der Waals surface area (Å²) in [5.74, 6) is 0.569. The highest BCUT2D eigenvalue weighted by atomic mass is 19.1. The Labute approximate surface area is 151 Å². The number of rotatable bonds is 4. The molecule has 0 N–H and O–H groups in total. The first-order valence-electron chi connectivity index (χ1n) is 8.30. The molecule has 3 aromatic rings. The van der Waals surface area contributed by atoms with Crippen molar-refractivity contribution in [1.82, 2.24) is 14.8 Å². The zero-order valence-electron chi connectivity index (χ0n) is 15.5. The van der Waals surface area contributed by atoms with E-state index in [0.29, 0.717) is 11.6 Å². The van der Waals surface area contributed by atoms with Gasteiger partial charge in [-0.2, -0.15) is 0 Å². The lowest BCUT2D eigenvalue weighted by atomic mass is 10.1. The number of benzene rings is 2. The number of aromatic nitrogens is 3. The maximum atomic E-state index is 14.2. The molecular formula is C20H21F2N3O. The Morgan fingerprint density at radius 2 is 1.73 bits per heavy atom. The van der Waals surface area contributed by atoms with Crippen molar-refractivity contribution in [3.05, 3.63) is 65.0 Å². The van der Waals surface area contributed by atoms with Crippen LogP contribution in [0.4, 0.5) is 8.78 Å². The van der Waals surface area contributed by atoms with Crippen LogP contribution in [0, 0.1) is 25.5 Å². The molecule has 0 atom stereocenters. The Morgan fingerprint density at radius 3 is 2.38 bits per heavy atom. The van der Waals surface area contributed by atoms with Gasteiger partial charge in [0.1, 0.15) is 5.82 Å². The number of hydrogen-bond donors (Lipinski definition) is 0. The summed E-state index contributed by atoms with van der Waals surface area (Å²) < 4.78 is 35.2. The molecule has 136 valence electrons. The van der Waals surface area contributed by atoms with Crippen LogP contribution in [0.3, 0.4) is 0 Å². The van der Waals surface area contributed by atoms with E-state index in [2.05, 4.69) is 10.2 Å². The Balaban J connectivity index is 1.97. The van der Waals surface area contributed by atoms with Crippen LogP contribution in [0.1, 0.15) is 30.8 Å². The highest BCUT2D eigenvalue weighted by molar-refractivity contribution is 5.60. The second-order valence-electron chi connectivity index (χ2n) is 6.91. The predicted molar refractivity (Wildman–Crippen MR) is 95.9 cm³/mol. The van der Waals surface area contributed by atoms with E-state index in [1.165, 1.54) is 18.2 Å². The molecule has 0 aliphatic heterocycles. The number of aryl methyl sites for hydroxylation is 2. The van der Waals surface area contributed by atoms with Crippen molar-refractivity contribution >= 4 is 0 Å². The second-order valence-corrected chi connectivity index (χ2v) is 6.91. The molecule has 6 heteroatoms. The molecule has 0 saturated carbocycles. The first-order chi connectivity index (χ1) is 12.2. The summed E-state index contributed by atoms with van der Waals surface area (Å²) in [6.45, 7) is 7.24. The normalized spacial score (nSPS) is 11.7. The fraction of sp³-hybridized carbons (Fsp3) is 0.300. The average molecular weight is 357 g/mol. The smallest absolute Gasteiger partial charge is 0.176 e. The van der Waals surface area contributed by atoms with Crippen LogP contribution in [0.15, 0.2) is 36.4 Å². The molecule has 0 radical (unpaired) electrons. The third-order valence-electron chi connectivity index (χ3n) is 4.30. The van der Waals surface area contributed by atoms with Crippen molar-refractivity contribution in [3.63, 3.8) is 0 Å². The van der Waals surface area contributed by atoms with Crippen LogP contribution >= 0.6 is 0 Å². The average Bonchev–Trinajstić information content (AvgIpc) is 2.92. The third kappa shape index (κ3) is 3.31. The summed E-state index contributed by atoms with van der Waals surface area (Å²) in [6.07, 6.45) is 0. The zero-order valence-corrected chi connectivity index (χ0v) is 15.5. The molecule has 0 aliphatic carbocycles. The summed E-state index contributed by atoms with van der Waals surface area (Å²) in [5, 5.41) is 8.48. The Bertz CT molecular complexity index is 964. The molecule has 0 fully saturated rings. The quantitative estimate of drug-likeness (QED) is 0.680. The topological polar surface area (TPSA) is 39.9 Å². The van der Waals surface area contributed by atoms with Gasteiger partial charge < -0.3 is 9.30 Å². The molecular weight excluding hydrogens is 336 g/mol. The summed E-state index contributed by atoms with van der Waals surface area (Å²) >= 11 is 0. The molecule has 1 heterocycles. The minimum absolute atomic E-state index is 0.156. The standard InChI is InChI=1S/C20H21F2N3O/c1-12-6-9-17(16(22)10-12)26-20(3,4)19-24-23-18(25(19)5)15-8-7-14(21)11-13(15)2/h6-11H,1-5H3. The van der Waals surface area contributed by atoms with Crippen LogP contribution in [0.2, 0.25) is 0 Å². The van der Waals surface area contributed by atoms with Crippen LogP contribution in [0.25, 0.3) is 11.4 Å². The van der Waals surface area contributed by atoms with E-state index in [0.717, 1.165) is 16.7 Å². The minimum Gasteiger partial charge on any atom is -0.477 e. The van der Waals surface area contributed by atoms with E-state index >= 15 is 0 Å². The van der Waals surface area contributed by atoms with Crippen molar-refractivity contribution < 1.29 is 13.5 Å². The molecule has 3 rings (SSSR count). The summed E-state index contributed by atoms with van der Waals surface area (Å²) in [7, 11) is 1.81. The number of ether oxygens (including phenoxy) is 1. The molecule has 0 saturated heterocycles. The van der Waals surface area contributed by atoms with Crippen molar-refractivity contribution in [2.24, 2.45) is 7.05 Å². The SMILES string of the molecule is Cc1ccc(OC(C)(C)c2nnc(-c3ccc(F)cc3C)n2C)c(F)c1. The van der Waals surface area contributed by atoms with Crippen LogP contribution in [-0.4, -0.2) is 14.8 Å². The highest BCUT2D eigenvalue weighted by Gasteiger charge is 2.31. The molecule has 0 spiro atoms. The second kappa shape index (κ2) is 6.52. The van der Waals surface area contributed by atoms with E-state index in [1.807, 2.05) is 20.9 Å². The predicted octanol–water partition coefficient (Wildman–Crippen LogP) is 4.69. The van der Waals surface area contributed by atoms with Gasteiger partial charge >= 0.3 is 0 Å². The Morgan fingerprint density at radius 1 is 1.00 bits per heavy atom. The number of hydrogen-bond acceptors (Lipinski definition) is 3. The van der Waals surface area contributed by atoms with Crippen LogP contribution in [0.5, 0.6) is 5.75 Å². The summed E-state index contributed by atoms with van der Waals surface area (Å²) in [5.41, 5.74) is 1.45. The highest BCUT2D eigenvalue weighted by Crippen LogP contribution is 2.31. The Kier molecular flexibility index (Phi) is 4.52. The van der Waals surface area contributed by atoms with Crippen molar-refractivity contribution in [1.29, 1.82) is 0 Å². The van der Waals surface area contributed by atoms with Crippen molar-refractivity contribution in [2.75, 3.05) is 0 Å². The monoisotopic (exact) mass is 357 g/mol.